The molecule has 2 aliphatic heterocycles. The molecule has 27 heavy (non-hydrogen) atoms. The lowest BCUT2D eigenvalue weighted by Gasteiger charge is -2.30. The van der Waals surface area contributed by atoms with Crippen molar-refractivity contribution in [3.05, 3.63) is 45.3 Å². The Hall–Kier alpha value is -2.08. The highest BCUT2D eigenvalue weighted by molar-refractivity contribution is 5.37. The molecule has 6 nitrogen and oxygen atoms in total. The first-order valence-corrected chi connectivity index (χ1v) is 10.3. The second-order valence-electron chi connectivity index (χ2n) is 8.06. The molecule has 4 heterocycles. The fraction of sp³-hybridized carbons (Fsp3) is 0.619. The molecule has 0 aromatic carbocycles. The van der Waals surface area contributed by atoms with Crippen molar-refractivity contribution in [3.8, 4) is 0 Å². The first-order chi connectivity index (χ1) is 13.1. The molecule has 6 heteroatoms. The number of fused-ring (bicyclic) bond motifs is 1. The summed E-state index contributed by atoms with van der Waals surface area (Å²) in [4.78, 5) is 24.7. The predicted octanol–water partition coefficient (Wildman–Crippen LogP) is 3.11. The van der Waals surface area contributed by atoms with Crippen LogP contribution >= 0.6 is 0 Å². The van der Waals surface area contributed by atoms with E-state index in [2.05, 4.69) is 45.7 Å². The van der Waals surface area contributed by atoms with Crippen molar-refractivity contribution >= 4 is 5.88 Å². The second kappa shape index (κ2) is 7.89. The van der Waals surface area contributed by atoms with Crippen LogP contribution in [0.4, 0.5) is 5.88 Å². The Morgan fingerprint density at radius 1 is 1.26 bits per heavy atom. The molecule has 1 N–H and O–H groups in total. The molecule has 2 aromatic heterocycles. The van der Waals surface area contributed by atoms with Gasteiger partial charge in [-0.05, 0) is 31.2 Å². The molecule has 4 rings (SSSR count). The van der Waals surface area contributed by atoms with Crippen LogP contribution in [0.1, 0.15) is 56.0 Å². The topological polar surface area (TPSA) is 65.4 Å². The smallest absolute Gasteiger partial charge is 0.255 e. The third kappa shape index (κ3) is 4.10. The van der Waals surface area contributed by atoms with E-state index in [9.17, 15) is 4.79 Å². The van der Waals surface area contributed by atoms with Crippen LogP contribution in [0.5, 0.6) is 0 Å². The Labute approximate surface area is 160 Å². The van der Waals surface area contributed by atoms with Crippen LogP contribution in [0, 0.1) is 5.92 Å². The van der Waals surface area contributed by atoms with Gasteiger partial charge >= 0.3 is 0 Å². The molecule has 0 atom stereocenters. The van der Waals surface area contributed by atoms with E-state index in [4.69, 9.17) is 4.42 Å². The minimum atomic E-state index is 0.0238. The standard InChI is InChI=1S/C21H30N4O2/c1-3-4-19-22-18-9-10-24(14-17(18)21(26)23-19)13-16-5-6-20(27-16)25-11-7-15(2)8-12-25/h5-6,15H,3-4,7-14H2,1-2H3,(H,22,23,26). The van der Waals surface area contributed by atoms with Crippen molar-refractivity contribution in [3.63, 3.8) is 0 Å². The van der Waals surface area contributed by atoms with Gasteiger partial charge < -0.3 is 14.3 Å². The maximum absolute atomic E-state index is 12.4. The number of aryl methyl sites for hydroxylation is 1. The molecular formula is C21H30N4O2. The van der Waals surface area contributed by atoms with Crippen LogP contribution in [-0.2, 0) is 25.9 Å². The number of nitrogens with zero attached hydrogens (tertiary/aromatic N) is 3. The molecule has 1 fully saturated rings. The summed E-state index contributed by atoms with van der Waals surface area (Å²) < 4.78 is 6.11. The molecule has 0 bridgehead atoms. The second-order valence-corrected chi connectivity index (χ2v) is 8.06. The maximum atomic E-state index is 12.4. The van der Waals surface area contributed by atoms with Gasteiger partial charge in [0, 0.05) is 45.1 Å². The van der Waals surface area contributed by atoms with Crippen LogP contribution in [0.2, 0.25) is 0 Å². The van der Waals surface area contributed by atoms with Gasteiger partial charge in [-0.3, -0.25) is 9.69 Å². The summed E-state index contributed by atoms with van der Waals surface area (Å²) in [7, 11) is 0. The Morgan fingerprint density at radius 3 is 2.85 bits per heavy atom. The lowest BCUT2D eigenvalue weighted by Crippen LogP contribution is -2.35. The lowest BCUT2D eigenvalue weighted by molar-refractivity contribution is 0.222. The van der Waals surface area contributed by atoms with Crippen LogP contribution in [0.25, 0.3) is 0 Å². The predicted molar refractivity (Wildman–Crippen MR) is 106 cm³/mol. The number of H-pyrrole nitrogens is 1. The Bertz CT molecular complexity index is 833. The number of hydrogen-bond acceptors (Lipinski definition) is 5. The summed E-state index contributed by atoms with van der Waals surface area (Å²) in [5.74, 6) is 3.59. The number of rotatable bonds is 5. The fourth-order valence-corrected chi connectivity index (χ4v) is 4.09. The van der Waals surface area contributed by atoms with E-state index in [1.54, 1.807) is 0 Å². The van der Waals surface area contributed by atoms with E-state index < -0.39 is 0 Å². The van der Waals surface area contributed by atoms with Crippen molar-refractivity contribution in [2.45, 2.75) is 59.0 Å². The van der Waals surface area contributed by atoms with Gasteiger partial charge in [-0.25, -0.2) is 4.98 Å². The number of anilines is 1. The lowest BCUT2D eigenvalue weighted by atomic mass is 9.99. The fourth-order valence-electron chi connectivity index (χ4n) is 4.09. The number of nitrogens with one attached hydrogen (secondary N) is 1. The van der Waals surface area contributed by atoms with Gasteiger partial charge in [-0.2, -0.15) is 0 Å². The zero-order valence-electron chi connectivity index (χ0n) is 16.5. The summed E-state index contributed by atoms with van der Waals surface area (Å²) >= 11 is 0. The highest BCUT2D eigenvalue weighted by atomic mass is 16.4. The Balaban J connectivity index is 1.41. The van der Waals surface area contributed by atoms with E-state index in [-0.39, 0.29) is 5.56 Å². The first kappa shape index (κ1) is 18.3. The van der Waals surface area contributed by atoms with E-state index in [1.807, 2.05) is 0 Å². The maximum Gasteiger partial charge on any atom is 0.255 e. The van der Waals surface area contributed by atoms with Gasteiger partial charge in [0.2, 0.25) is 0 Å². The minimum Gasteiger partial charge on any atom is -0.444 e. The molecule has 0 amide bonds. The van der Waals surface area contributed by atoms with Gasteiger partial charge in [-0.1, -0.05) is 13.8 Å². The van der Waals surface area contributed by atoms with E-state index in [0.717, 1.165) is 80.1 Å². The van der Waals surface area contributed by atoms with Gasteiger partial charge in [0.25, 0.3) is 5.56 Å². The third-order valence-corrected chi connectivity index (χ3v) is 5.81. The molecule has 1 saturated heterocycles. The number of furan rings is 1. The molecule has 146 valence electrons. The molecule has 0 radical (unpaired) electrons. The molecule has 0 aliphatic carbocycles. The Kier molecular flexibility index (Phi) is 5.34. The van der Waals surface area contributed by atoms with Crippen molar-refractivity contribution in [2.75, 3.05) is 24.5 Å². The quantitative estimate of drug-likeness (QED) is 0.876. The normalized spacial score (nSPS) is 18.7. The number of piperidine rings is 1. The molecule has 0 spiro atoms. The highest BCUT2D eigenvalue weighted by Crippen LogP contribution is 2.26. The SMILES string of the molecule is CCCc1nc2c(c(=O)[nH]1)CN(Cc1ccc(N3CCC(C)CC3)o1)CC2. The highest BCUT2D eigenvalue weighted by Gasteiger charge is 2.23. The van der Waals surface area contributed by atoms with E-state index in [1.165, 1.54) is 12.8 Å². The monoisotopic (exact) mass is 370 g/mol. The van der Waals surface area contributed by atoms with Gasteiger partial charge in [0.05, 0.1) is 17.8 Å². The summed E-state index contributed by atoms with van der Waals surface area (Å²) in [6.45, 7) is 8.86. The van der Waals surface area contributed by atoms with Crippen molar-refractivity contribution < 1.29 is 4.42 Å². The largest absolute Gasteiger partial charge is 0.444 e. The van der Waals surface area contributed by atoms with E-state index >= 15 is 0 Å². The van der Waals surface area contributed by atoms with Crippen molar-refractivity contribution in [2.24, 2.45) is 5.92 Å². The van der Waals surface area contributed by atoms with Crippen LogP contribution in [-0.4, -0.2) is 34.5 Å². The summed E-state index contributed by atoms with van der Waals surface area (Å²) in [6, 6.07) is 4.17. The van der Waals surface area contributed by atoms with Gasteiger partial charge in [-0.15, -0.1) is 0 Å². The van der Waals surface area contributed by atoms with Crippen molar-refractivity contribution in [1.29, 1.82) is 0 Å². The number of aromatic amines is 1. The summed E-state index contributed by atoms with van der Waals surface area (Å²) in [6.07, 6.45) is 5.11. The molecule has 0 saturated carbocycles. The number of aromatic nitrogens is 2. The number of hydrogen-bond donors (Lipinski definition) is 1. The van der Waals surface area contributed by atoms with E-state index in [0.29, 0.717) is 6.54 Å². The molecular weight excluding hydrogens is 340 g/mol. The summed E-state index contributed by atoms with van der Waals surface area (Å²) in [5.41, 5.74) is 1.81. The van der Waals surface area contributed by atoms with Crippen LogP contribution in [0.15, 0.2) is 21.3 Å². The molecule has 2 aromatic rings. The van der Waals surface area contributed by atoms with Gasteiger partial charge in [0.15, 0.2) is 5.88 Å². The van der Waals surface area contributed by atoms with Crippen molar-refractivity contribution in [1.82, 2.24) is 14.9 Å². The van der Waals surface area contributed by atoms with Crippen LogP contribution < -0.4 is 10.5 Å². The first-order valence-electron chi connectivity index (χ1n) is 10.3. The zero-order chi connectivity index (χ0) is 18.8. The third-order valence-electron chi connectivity index (χ3n) is 5.81. The zero-order valence-corrected chi connectivity index (χ0v) is 16.5. The van der Waals surface area contributed by atoms with Gasteiger partial charge in [0.1, 0.15) is 11.6 Å². The average Bonchev–Trinajstić information content (AvgIpc) is 3.12. The molecule has 2 aliphatic rings. The summed E-state index contributed by atoms with van der Waals surface area (Å²) in [5, 5.41) is 0. The van der Waals surface area contributed by atoms with Crippen LogP contribution in [0.3, 0.4) is 0 Å². The average molecular weight is 370 g/mol. The Morgan fingerprint density at radius 2 is 2.07 bits per heavy atom. The minimum absolute atomic E-state index is 0.0238. The molecule has 0 unspecified atom stereocenters.